The van der Waals surface area contributed by atoms with Crippen LogP contribution < -0.4 is 5.32 Å². The summed E-state index contributed by atoms with van der Waals surface area (Å²) < 4.78 is 0. The molecule has 0 atom stereocenters. The van der Waals surface area contributed by atoms with Crippen LogP contribution in [0.5, 0.6) is 0 Å². The summed E-state index contributed by atoms with van der Waals surface area (Å²) >= 11 is 0. The van der Waals surface area contributed by atoms with Crippen LogP contribution in [0.15, 0.2) is 67.4 Å². The Bertz CT molecular complexity index is 1040. The van der Waals surface area contributed by atoms with Gasteiger partial charge in [-0.25, -0.2) is 9.97 Å². The molecule has 0 aliphatic carbocycles. The van der Waals surface area contributed by atoms with Gasteiger partial charge in [-0.1, -0.05) is 24.8 Å². The van der Waals surface area contributed by atoms with E-state index in [-0.39, 0.29) is 11.8 Å². The number of anilines is 1. The minimum absolute atomic E-state index is 0.00252. The molecule has 140 valence electrons. The van der Waals surface area contributed by atoms with Crippen LogP contribution in [0.25, 0.3) is 10.9 Å². The molecule has 1 aliphatic rings. The lowest BCUT2D eigenvalue weighted by Gasteiger charge is -2.39. The topological polar surface area (TPSA) is 75.2 Å². The van der Waals surface area contributed by atoms with Crippen molar-refractivity contribution in [2.24, 2.45) is 5.92 Å². The lowest BCUT2D eigenvalue weighted by molar-refractivity contribution is -0.111. The number of hydrogen-bond acceptors (Lipinski definition) is 4. The molecule has 2 amide bonds. The van der Waals surface area contributed by atoms with Crippen molar-refractivity contribution in [1.29, 1.82) is 0 Å². The second-order valence-corrected chi connectivity index (χ2v) is 6.90. The van der Waals surface area contributed by atoms with Crippen molar-refractivity contribution in [2.45, 2.75) is 6.42 Å². The molecule has 1 aliphatic heterocycles. The average Bonchev–Trinajstić information content (AvgIpc) is 2.70. The van der Waals surface area contributed by atoms with E-state index in [1.165, 1.54) is 6.08 Å². The summed E-state index contributed by atoms with van der Waals surface area (Å²) in [5.41, 5.74) is 2.19. The lowest BCUT2D eigenvalue weighted by Crippen LogP contribution is -2.50. The summed E-state index contributed by atoms with van der Waals surface area (Å²) in [6, 6.07) is 14.8. The average molecular weight is 372 g/mol. The molecule has 2 heterocycles. The first-order valence-electron chi connectivity index (χ1n) is 9.16. The zero-order valence-electron chi connectivity index (χ0n) is 15.3. The Morgan fingerprint density at radius 3 is 2.64 bits per heavy atom. The summed E-state index contributed by atoms with van der Waals surface area (Å²) in [7, 11) is 0. The van der Waals surface area contributed by atoms with E-state index in [0.29, 0.717) is 30.3 Å². The van der Waals surface area contributed by atoms with Crippen molar-refractivity contribution in [1.82, 2.24) is 14.9 Å². The van der Waals surface area contributed by atoms with Crippen LogP contribution in [0.3, 0.4) is 0 Å². The van der Waals surface area contributed by atoms with Gasteiger partial charge in [-0.05, 0) is 36.4 Å². The molecule has 1 fully saturated rings. The fraction of sp³-hybridized carbons (Fsp3) is 0.182. The zero-order valence-corrected chi connectivity index (χ0v) is 15.3. The van der Waals surface area contributed by atoms with Gasteiger partial charge in [0.2, 0.25) is 5.91 Å². The first kappa shape index (κ1) is 17.9. The second-order valence-electron chi connectivity index (χ2n) is 6.90. The third-order valence-corrected chi connectivity index (χ3v) is 4.84. The normalized spacial score (nSPS) is 13.8. The van der Waals surface area contributed by atoms with Crippen molar-refractivity contribution in [3.8, 4) is 0 Å². The molecule has 1 N–H and O–H groups in total. The minimum atomic E-state index is -0.277. The quantitative estimate of drug-likeness (QED) is 0.699. The monoisotopic (exact) mass is 372 g/mol. The number of benzene rings is 2. The van der Waals surface area contributed by atoms with Crippen LogP contribution in [0.2, 0.25) is 0 Å². The smallest absolute Gasteiger partial charge is 0.253 e. The summed E-state index contributed by atoms with van der Waals surface area (Å²) in [5, 5.41) is 3.70. The number of nitrogens with zero attached hydrogens (tertiary/aromatic N) is 3. The van der Waals surface area contributed by atoms with Crippen LogP contribution >= 0.6 is 0 Å². The summed E-state index contributed by atoms with van der Waals surface area (Å²) in [4.78, 5) is 34.8. The molecular formula is C22H20N4O2. The molecule has 1 aromatic heterocycles. The van der Waals surface area contributed by atoms with E-state index in [4.69, 9.17) is 0 Å². The van der Waals surface area contributed by atoms with E-state index >= 15 is 0 Å². The van der Waals surface area contributed by atoms with Crippen LogP contribution in [-0.4, -0.2) is 39.8 Å². The highest BCUT2D eigenvalue weighted by molar-refractivity contribution is 5.99. The number of para-hydroxylation sites is 1. The number of amides is 2. The van der Waals surface area contributed by atoms with E-state index in [9.17, 15) is 9.59 Å². The molecule has 28 heavy (non-hydrogen) atoms. The summed E-state index contributed by atoms with van der Waals surface area (Å²) in [5.74, 6) is 0.909. The number of fused-ring (bicyclic) bond motifs is 1. The lowest BCUT2D eigenvalue weighted by atomic mass is 9.95. The maximum absolute atomic E-state index is 12.6. The third kappa shape index (κ3) is 3.76. The molecule has 3 aromatic rings. The van der Waals surface area contributed by atoms with Gasteiger partial charge in [0.25, 0.3) is 5.91 Å². The SMILES string of the molecule is C=CC(=O)Nc1ccc(C(=O)N2CC(Cc3ncc4ccccc4n3)C2)cc1. The first-order valence-corrected chi connectivity index (χ1v) is 9.16. The second kappa shape index (κ2) is 7.60. The first-order chi connectivity index (χ1) is 13.6. The molecule has 4 rings (SSSR count). The van der Waals surface area contributed by atoms with Crippen molar-refractivity contribution in [2.75, 3.05) is 18.4 Å². The minimum Gasteiger partial charge on any atom is -0.338 e. The molecule has 0 bridgehead atoms. The van der Waals surface area contributed by atoms with Gasteiger partial charge >= 0.3 is 0 Å². The highest BCUT2D eigenvalue weighted by Gasteiger charge is 2.31. The van der Waals surface area contributed by atoms with Gasteiger partial charge in [-0.3, -0.25) is 9.59 Å². The van der Waals surface area contributed by atoms with Crippen molar-refractivity contribution >= 4 is 28.4 Å². The molecule has 0 spiro atoms. The zero-order chi connectivity index (χ0) is 19.5. The van der Waals surface area contributed by atoms with E-state index in [1.54, 1.807) is 24.3 Å². The Balaban J connectivity index is 1.33. The van der Waals surface area contributed by atoms with Crippen LogP contribution in [0.4, 0.5) is 5.69 Å². The van der Waals surface area contributed by atoms with Gasteiger partial charge in [0.1, 0.15) is 5.82 Å². The molecule has 2 aromatic carbocycles. The maximum atomic E-state index is 12.6. The van der Waals surface area contributed by atoms with Crippen molar-refractivity contribution < 1.29 is 9.59 Å². The molecular weight excluding hydrogens is 352 g/mol. The van der Waals surface area contributed by atoms with Gasteiger partial charge in [0, 0.05) is 48.3 Å². The van der Waals surface area contributed by atoms with Gasteiger partial charge in [-0.2, -0.15) is 0 Å². The summed E-state index contributed by atoms with van der Waals surface area (Å²) in [6.07, 6.45) is 3.83. The van der Waals surface area contributed by atoms with Gasteiger partial charge in [-0.15, -0.1) is 0 Å². The predicted octanol–water partition coefficient (Wildman–Crippen LogP) is 3.07. The van der Waals surface area contributed by atoms with Gasteiger partial charge in [0.15, 0.2) is 0 Å². The Morgan fingerprint density at radius 2 is 1.89 bits per heavy atom. The molecule has 0 radical (unpaired) electrons. The van der Waals surface area contributed by atoms with Crippen LogP contribution in [-0.2, 0) is 11.2 Å². The van der Waals surface area contributed by atoms with Crippen molar-refractivity contribution in [3.05, 3.63) is 78.8 Å². The summed E-state index contributed by atoms with van der Waals surface area (Å²) in [6.45, 7) is 4.81. The Labute approximate surface area is 162 Å². The third-order valence-electron chi connectivity index (χ3n) is 4.84. The number of nitrogens with one attached hydrogen (secondary N) is 1. The highest BCUT2D eigenvalue weighted by atomic mass is 16.2. The van der Waals surface area contributed by atoms with Gasteiger partial charge in [0.05, 0.1) is 5.52 Å². The van der Waals surface area contributed by atoms with Crippen LogP contribution in [0.1, 0.15) is 16.2 Å². The Morgan fingerprint density at radius 1 is 1.14 bits per heavy atom. The fourth-order valence-electron chi connectivity index (χ4n) is 3.30. The molecule has 6 heteroatoms. The molecule has 0 unspecified atom stereocenters. The molecule has 0 saturated carbocycles. The maximum Gasteiger partial charge on any atom is 0.253 e. The number of carbonyl (C=O) groups is 2. The highest BCUT2D eigenvalue weighted by Crippen LogP contribution is 2.23. The van der Waals surface area contributed by atoms with E-state index < -0.39 is 0 Å². The number of carbonyl (C=O) groups excluding carboxylic acids is 2. The van der Waals surface area contributed by atoms with Crippen molar-refractivity contribution in [3.63, 3.8) is 0 Å². The fourth-order valence-corrected chi connectivity index (χ4v) is 3.30. The predicted molar refractivity (Wildman–Crippen MR) is 108 cm³/mol. The van der Waals surface area contributed by atoms with Gasteiger partial charge < -0.3 is 10.2 Å². The van der Waals surface area contributed by atoms with E-state index in [1.807, 2.05) is 35.4 Å². The molecule has 1 saturated heterocycles. The largest absolute Gasteiger partial charge is 0.338 e. The number of aromatic nitrogens is 2. The number of likely N-dealkylation sites (tertiary alicyclic amines) is 1. The Kier molecular flexibility index (Phi) is 4.85. The Hall–Kier alpha value is -3.54. The number of hydrogen-bond donors (Lipinski definition) is 1. The van der Waals surface area contributed by atoms with E-state index in [0.717, 1.165) is 23.1 Å². The van der Waals surface area contributed by atoms with E-state index in [2.05, 4.69) is 21.9 Å². The molecule has 6 nitrogen and oxygen atoms in total. The number of rotatable bonds is 5. The van der Waals surface area contributed by atoms with Crippen LogP contribution in [0, 0.1) is 5.92 Å². The standard InChI is InChI=1S/C22H20N4O2/c1-2-21(27)24-18-9-7-16(8-10-18)22(28)26-13-15(14-26)11-20-23-12-17-5-3-4-6-19(17)25-20/h2-10,12,15H,1,11,13-14H2,(H,24,27).